The fourth-order valence-corrected chi connectivity index (χ4v) is 5.06. The molecule has 0 radical (unpaired) electrons. The monoisotopic (exact) mass is 561 g/mol. The fraction of sp³-hybridized carbons (Fsp3) is 0.444. The third-order valence-corrected chi connectivity index (χ3v) is 7.19. The lowest BCUT2D eigenvalue weighted by Gasteiger charge is -2.38. The Bertz CT molecular complexity index is 1290. The van der Waals surface area contributed by atoms with Crippen molar-refractivity contribution >= 4 is 11.5 Å². The van der Waals surface area contributed by atoms with Gasteiger partial charge in [-0.15, -0.1) is 13.2 Å². The molecule has 2 aliphatic heterocycles. The molecule has 0 saturated carbocycles. The van der Waals surface area contributed by atoms with E-state index in [1.807, 2.05) is 31.3 Å². The lowest BCUT2D eigenvalue weighted by atomic mass is 10.0. The predicted molar refractivity (Wildman–Crippen MR) is 140 cm³/mol. The molecule has 1 saturated heterocycles. The zero-order valence-electron chi connectivity index (χ0n) is 21.9. The van der Waals surface area contributed by atoms with E-state index in [0.717, 1.165) is 37.2 Å². The number of ether oxygens (including phenoxy) is 3. The topological polar surface area (TPSA) is 95.1 Å². The maximum Gasteiger partial charge on any atom is 0.573 e. The molecule has 214 valence electrons. The summed E-state index contributed by atoms with van der Waals surface area (Å²) in [6, 6.07) is 14.5. The van der Waals surface area contributed by atoms with Gasteiger partial charge in [0.1, 0.15) is 30.4 Å². The van der Waals surface area contributed by atoms with Crippen molar-refractivity contribution in [2.45, 2.75) is 50.9 Å². The molecule has 1 fully saturated rings. The third kappa shape index (κ3) is 6.95. The average Bonchev–Trinajstić information content (AvgIpc) is 3.37. The first-order valence-corrected chi connectivity index (χ1v) is 13.0. The first kappa shape index (κ1) is 27.6. The van der Waals surface area contributed by atoms with Crippen molar-refractivity contribution in [3.63, 3.8) is 0 Å². The van der Waals surface area contributed by atoms with Gasteiger partial charge in [0.05, 0.1) is 0 Å². The zero-order chi connectivity index (χ0) is 28.3. The number of hydrogen-bond acceptors (Lipinski definition) is 8. The second kappa shape index (κ2) is 11.6. The minimum atomic E-state index is -4.69. The fourth-order valence-electron chi connectivity index (χ4n) is 5.06. The van der Waals surface area contributed by atoms with Gasteiger partial charge in [-0.25, -0.2) is 0 Å². The molecular weight excluding hydrogens is 531 g/mol. The molecule has 10 nitrogen and oxygen atoms in total. The number of fused-ring (bicyclic) bond motifs is 1. The second-order valence-electron chi connectivity index (χ2n) is 9.99. The molecule has 1 atom stereocenters. The number of anilines is 1. The molecule has 40 heavy (non-hydrogen) atoms. The van der Waals surface area contributed by atoms with Crippen LogP contribution >= 0.6 is 0 Å². The number of nitro groups is 1. The quantitative estimate of drug-likeness (QED) is 0.266. The Balaban J connectivity index is 1.06. The van der Waals surface area contributed by atoms with Gasteiger partial charge in [-0.2, -0.15) is 0 Å². The zero-order valence-corrected chi connectivity index (χ0v) is 21.9. The highest BCUT2D eigenvalue weighted by atomic mass is 19.4. The molecule has 3 heterocycles. The maximum atomic E-state index is 12.4. The number of nitrogens with zero attached hydrogens (tertiary/aromatic N) is 5. The highest BCUT2D eigenvalue weighted by molar-refractivity contribution is 5.49. The summed E-state index contributed by atoms with van der Waals surface area (Å²) in [5.74, 6) is 0.275. The minimum Gasteiger partial charge on any atom is -0.490 e. The Morgan fingerprint density at radius 1 is 1.05 bits per heavy atom. The van der Waals surface area contributed by atoms with E-state index >= 15 is 0 Å². The van der Waals surface area contributed by atoms with Crippen LogP contribution in [0.3, 0.4) is 0 Å². The van der Waals surface area contributed by atoms with E-state index in [0.29, 0.717) is 37.9 Å². The van der Waals surface area contributed by atoms with Crippen molar-refractivity contribution in [3.8, 4) is 17.5 Å². The van der Waals surface area contributed by atoms with Crippen molar-refractivity contribution in [1.82, 2.24) is 14.5 Å². The molecule has 2 aromatic carbocycles. The van der Waals surface area contributed by atoms with E-state index in [1.54, 1.807) is 16.7 Å². The summed E-state index contributed by atoms with van der Waals surface area (Å²) in [5, 5.41) is 10.9. The third-order valence-electron chi connectivity index (χ3n) is 7.19. The van der Waals surface area contributed by atoms with Crippen molar-refractivity contribution in [1.29, 1.82) is 0 Å². The Labute approximate surface area is 229 Å². The van der Waals surface area contributed by atoms with Gasteiger partial charge >= 0.3 is 18.2 Å². The summed E-state index contributed by atoms with van der Waals surface area (Å²) in [4.78, 5) is 18.9. The molecule has 1 unspecified atom stereocenters. The molecule has 5 rings (SSSR count). The summed E-state index contributed by atoms with van der Waals surface area (Å²) in [5.41, 5.74) is 2.04. The summed E-state index contributed by atoms with van der Waals surface area (Å²) in [6.45, 7) is 3.32. The molecule has 0 amide bonds. The van der Waals surface area contributed by atoms with E-state index in [2.05, 4.69) is 19.5 Å². The summed E-state index contributed by atoms with van der Waals surface area (Å²) < 4.78 is 54.4. The van der Waals surface area contributed by atoms with Crippen molar-refractivity contribution in [3.05, 3.63) is 70.4 Å². The molecule has 0 bridgehead atoms. The molecule has 0 aliphatic carbocycles. The summed E-state index contributed by atoms with van der Waals surface area (Å²) in [7, 11) is 2.04. The Kier molecular flexibility index (Phi) is 8.01. The van der Waals surface area contributed by atoms with E-state index in [1.165, 1.54) is 18.3 Å². The SMILES string of the molecule is CN(Cc1ccc(OC(F)(F)F)cc1)C1CCN(c2ccc(OCC3CCn4cc([N+](=O)[O-])nc4O3)cc2)CC1. The Morgan fingerprint density at radius 2 is 1.73 bits per heavy atom. The first-order chi connectivity index (χ1) is 19.1. The molecule has 3 aromatic rings. The molecular formula is C27H30F3N5O5. The predicted octanol–water partition coefficient (Wildman–Crippen LogP) is 5.02. The highest BCUT2D eigenvalue weighted by Gasteiger charge is 2.31. The highest BCUT2D eigenvalue weighted by Crippen LogP contribution is 2.28. The average molecular weight is 562 g/mol. The van der Waals surface area contributed by atoms with Crippen LogP contribution in [0, 0.1) is 10.1 Å². The standard InChI is InChI=1S/C27H30F3N5O5/c1-32(16-19-2-6-23(7-3-19)40-27(28,29)30)20-10-13-33(14-11-20)21-4-8-22(9-5-21)38-18-24-12-15-34-17-25(35(36)37)31-26(34)39-24/h2-9,17,20,24H,10-16,18H2,1H3. The van der Waals surface area contributed by atoms with Crippen LogP contribution in [-0.2, 0) is 13.1 Å². The van der Waals surface area contributed by atoms with Crippen LogP contribution in [0.1, 0.15) is 24.8 Å². The van der Waals surface area contributed by atoms with Crippen LogP contribution < -0.4 is 19.1 Å². The van der Waals surface area contributed by atoms with Gasteiger partial charge in [-0.3, -0.25) is 9.47 Å². The molecule has 2 aliphatic rings. The van der Waals surface area contributed by atoms with Crippen LogP contribution in [0.15, 0.2) is 54.7 Å². The molecule has 0 spiro atoms. The molecule has 1 aromatic heterocycles. The number of piperidine rings is 1. The molecule has 13 heteroatoms. The number of halogens is 3. The van der Waals surface area contributed by atoms with Crippen molar-refractivity contribution in [2.24, 2.45) is 0 Å². The summed E-state index contributed by atoms with van der Waals surface area (Å²) in [6.07, 6.45) is -0.945. The Hall–Kier alpha value is -4.00. The van der Waals surface area contributed by atoms with Gasteiger partial charge in [0, 0.05) is 49.3 Å². The number of benzene rings is 2. The number of rotatable bonds is 9. The lowest BCUT2D eigenvalue weighted by Crippen LogP contribution is -2.43. The smallest absolute Gasteiger partial charge is 0.490 e. The van der Waals surface area contributed by atoms with Gasteiger partial charge < -0.3 is 29.2 Å². The van der Waals surface area contributed by atoms with E-state index in [4.69, 9.17) is 9.47 Å². The van der Waals surface area contributed by atoms with E-state index in [9.17, 15) is 23.3 Å². The lowest BCUT2D eigenvalue weighted by molar-refractivity contribution is -0.389. The van der Waals surface area contributed by atoms with Gasteiger partial charge in [-0.05, 0) is 66.8 Å². The number of hydrogen-bond donors (Lipinski definition) is 0. The van der Waals surface area contributed by atoms with Crippen molar-refractivity contribution < 1.29 is 32.3 Å². The van der Waals surface area contributed by atoms with Crippen LogP contribution in [0.4, 0.5) is 24.7 Å². The van der Waals surface area contributed by atoms with Gasteiger partial charge in [0.2, 0.25) is 0 Å². The van der Waals surface area contributed by atoms with Crippen LogP contribution in [0.25, 0.3) is 0 Å². The summed E-state index contributed by atoms with van der Waals surface area (Å²) >= 11 is 0. The normalized spacial score (nSPS) is 17.8. The first-order valence-electron chi connectivity index (χ1n) is 13.0. The van der Waals surface area contributed by atoms with Gasteiger partial charge in [0.25, 0.3) is 0 Å². The largest absolute Gasteiger partial charge is 0.573 e. The number of aryl methyl sites for hydroxylation is 1. The maximum absolute atomic E-state index is 12.4. The number of aromatic nitrogens is 2. The van der Waals surface area contributed by atoms with Crippen LogP contribution in [0.5, 0.6) is 17.5 Å². The number of imidazole rings is 1. The van der Waals surface area contributed by atoms with Crippen molar-refractivity contribution in [2.75, 3.05) is 31.6 Å². The Morgan fingerprint density at radius 3 is 2.38 bits per heavy atom. The van der Waals surface area contributed by atoms with Gasteiger partial charge in [-0.1, -0.05) is 12.1 Å². The van der Waals surface area contributed by atoms with E-state index in [-0.39, 0.29) is 23.7 Å². The van der Waals surface area contributed by atoms with E-state index < -0.39 is 11.3 Å². The second-order valence-corrected chi connectivity index (χ2v) is 9.99. The van der Waals surface area contributed by atoms with Crippen LogP contribution in [-0.4, -0.2) is 64.6 Å². The number of alkyl halides is 3. The minimum absolute atomic E-state index is 0.216. The van der Waals surface area contributed by atoms with Crippen LogP contribution in [0.2, 0.25) is 0 Å². The van der Waals surface area contributed by atoms with Gasteiger partial charge in [0.15, 0.2) is 0 Å². The molecule has 0 N–H and O–H groups in total.